The van der Waals surface area contributed by atoms with E-state index in [4.69, 9.17) is 10.5 Å². The van der Waals surface area contributed by atoms with Gasteiger partial charge in [0.25, 0.3) is 0 Å². The summed E-state index contributed by atoms with van der Waals surface area (Å²) >= 11 is 0. The van der Waals surface area contributed by atoms with Crippen LogP contribution in [0.4, 0.5) is 0 Å². The Morgan fingerprint density at radius 3 is 2.92 bits per heavy atom. The van der Waals surface area contributed by atoms with E-state index in [0.29, 0.717) is 6.04 Å². The van der Waals surface area contributed by atoms with E-state index >= 15 is 0 Å². The van der Waals surface area contributed by atoms with Gasteiger partial charge in [0.05, 0.1) is 6.61 Å². The van der Waals surface area contributed by atoms with Gasteiger partial charge in [-0.1, -0.05) is 0 Å². The molecule has 2 aliphatic heterocycles. The predicted octanol–water partition coefficient (Wildman–Crippen LogP) is 0.0559. The molecule has 3 heteroatoms. The number of hydrogen-bond donors (Lipinski definition) is 1. The van der Waals surface area contributed by atoms with Crippen molar-refractivity contribution in [1.82, 2.24) is 4.90 Å². The van der Waals surface area contributed by atoms with E-state index in [1.807, 2.05) is 0 Å². The first kappa shape index (κ1) is 8.48. The first-order valence-corrected chi connectivity index (χ1v) is 4.90. The highest BCUT2D eigenvalue weighted by atomic mass is 16.5. The fourth-order valence-corrected chi connectivity index (χ4v) is 2.12. The van der Waals surface area contributed by atoms with Crippen LogP contribution in [0.2, 0.25) is 0 Å². The molecule has 2 fully saturated rings. The number of hydrogen-bond acceptors (Lipinski definition) is 3. The van der Waals surface area contributed by atoms with Crippen molar-refractivity contribution in [1.29, 1.82) is 0 Å². The molecular weight excluding hydrogens is 152 g/mol. The van der Waals surface area contributed by atoms with Crippen molar-refractivity contribution in [2.24, 2.45) is 11.7 Å². The van der Waals surface area contributed by atoms with Gasteiger partial charge in [0.15, 0.2) is 0 Å². The Bertz CT molecular complexity index is 145. The number of rotatable bonds is 2. The fourth-order valence-electron chi connectivity index (χ4n) is 2.12. The quantitative estimate of drug-likeness (QED) is 0.636. The SMILES string of the molecule is N[C@@H]1CCN(CC2CCOC2)C1. The lowest BCUT2D eigenvalue weighted by Crippen LogP contribution is -2.30. The maximum atomic E-state index is 5.83. The van der Waals surface area contributed by atoms with Crippen molar-refractivity contribution in [3.8, 4) is 0 Å². The van der Waals surface area contributed by atoms with E-state index in [2.05, 4.69) is 4.90 Å². The van der Waals surface area contributed by atoms with Crippen molar-refractivity contribution in [3.63, 3.8) is 0 Å². The van der Waals surface area contributed by atoms with Gasteiger partial charge in [0.1, 0.15) is 0 Å². The summed E-state index contributed by atoms with van der Waals surface area (Å²) in [6.07, 6.45) is 2.42. The smallest absolute Gasteiger partial charge is 0.0507 e. The summed E-state index contributed by atoms with van der Waals surface area (Å²) in [6, 6.07) is 0.423. The molecule has 2 aliphatic rings. The number of ether oxygens (including phenoxy) is 1. The summed E-state index contributed by atoms with van der Waals surface area (Å²) in [4.78, 5) is 2.48. The molecule has 0 aromatic carbocycles. The molecule has 0 aromatic rings. The third kappa shape index (κ3) is 1.97. The topological polar surface area (TPSA) is 38.5 Å². The van der Waals surface area contributed by atoms with Gasteiger partial charge in [-0.3, -0.25) is 0 Å². The minimum atomic E-state index is 0.423. The summed E-state index contributed by atoms with van der Waals surface area (Å²) in [7, 11) is 0. The molecular formula is C9H18N2O. The highest BCUT2D eigenvalue weighted by molar-refractivity contribution is 4.80. The molecule has 0 aromatic heterocycles. The monoisotopic (exact) mass is 170 g/mol. The van der Waals surface area contributed by atoms with Crippen LogP contribution in [0.1, 0.15) is 12.8 Å². The van der Waals surface area contributed by atoms with Crippen LogP contribution < -0.4 is 5.73 Å². The number of likely N-dealkylation sites (tertiary alicyclic amines) is 1. The van der Waals surface area contributed by atoms with E-state index < -0.39 is 0 Å². The summed E-state index contributed by atoms with van der Waals surface area (Å²) in [5.74, 6) is 0.773. The fraction of sp³-hybridized carbons (Fsp3) is 1.00. The van der Waals surface area contributed by atoms with E-state index in [1.165, 1.54) is 25.9 Å². The molecule has 0 bridgehead atoms. The van der Waals surface area contributed by atoms with Gasteiger partial charge in [0.2, 0.25) is 0 Å². The molecule has 2 saturated heterocycles. The molecule has 0 saturated carbocycles. The largest absolute Gasteiger partial charge is 0.381 e. The molecule has 0 aliphatic carbocycles. The Morgan fingerprint density at radius 1 is 1.42 bits per heavy atom. The third-order valence-electron chi connectivity index (χ3n) is 2.85. The maximum Gasteiger partial charge on any atom is 0.0507 e. The first-order valence-electron chi connectivity index (χ1n) is 4.90. The highest BCUT2D eigenvalue weighted by Crippen LogP contribution is 2.16. The zero-order valence-electron chi connectivity index (χ0n) is 7.54. The molecule has 2 N–H and O–H groups in total. The van der Waals surface area contributed by atoms with Crippen molar-refractivity contribution >= 4 is 0 Å². The summed E-state index contributed by atoms with van der Waals surface area (Å²) in [5.41, 5.74) is 5.83. The molecule has 70 valence electrons. The van der Waals surface area contributed by atoms with E-state index in [-0.39, 0.29) is 0 Å². The van der Waals surface area contributed by atoms with Crippen LogP contribution in [0, 0.1) is 5.92 Å². The Kier molecular flexibility index (Phi) is 2.63. The minimum Gasteiger partial charge on any atom is -0.381 e. The Morgan fingerprint density at radius 2 is 2.33 bits per heavy atom. The molecule has 1 unspecified atom stereocenters. The van der Waals surface area contributed by atoms with Crippen LogP contribution in [0.25, 0.3) is 0 Å². The predicted molar refractivity (Wildman–Crippen MR) is 48.0 cm³/mol. The molecule has 2 rings (SSSR count). The number of nitrogens with zero attached hydrogens (tertiary/aromatic N) is 1. The molecule has 2 atom stereocenters. The van der Waals surface area contributed by atoms with Crippen LogP contribution in [-0.4, -0.2) is 43.8 Å². The van der Waals surface area contributed by atoms with Crippen molar-refractivity contribution in [2.45, 2.75) is 18.9 Å². The van der Waals surface area contributed by atoms with Crippen molar-refractivity contribution < 1.29 is 4.74 Å². The lowest BCUT2D eigenvalue weighted by Gasteiger charge is -2.18. The lowest BCUT2D eigenvalue weighted by atomic mass is 10.1. The Hall–Kier alpha value is -0.120. The Labute approximate surface area is 73.9 Å². The molecule has 2 heterocycles. The van der Waals surface area contributed by atoms with Gasteiger partial charge in [-0.15, -0.1) is 0 Å². The van der Waals surface area contributed by atoms with Crippen LogP contribution >= 0.6 is 0 Å². The minimum absolute atomic E-state index is 0.423. The summed E-state index contributed by atoms with van der Waals surface area (Å²) in [5, 5.41) is 0. The van der Waals surface area contributed by atoms with Crippen molar-refractivity contribution in [2.75, 3.05) is 32.8 Å². The van der Waals surface area contributed by atoms with Gasteiger partial charge < -0.3 is 15.4 Å². The summed E-state index contributed by atoms with van der Waals surface area (Å²) < 4.78 is 5.34. The van der Waals surface area contributed by atoms with E-state index in [1.54, 1.807) is 0 Å². The van der Waals surface area contributed by atoms with Crippen molar-refractivity contribution in [3.05, 3.63) is 0 Å². The van der Waals surface area contributed by atoms with Crippen LogP contribution in [-0.2, 0) is 4.74 Å². The van der Waals surface area contributed by atoms with Gasteiger partial charge in [-0.05, 0) is 25.3 Å². The second-order valence-corrected chi connectivity index (χ2v) is 4.04. The molecule has 0 spiro atoms. The van der Waals surface area contributed by atoms with Gasteiger partial charge in [-0.2, -0.15) is 0 Å². The van der Waals surface area contributed by atoms with Crippen LogP contribution in [0.15, 0.2) is 0 Å². The third-order valence-corrected chi connectivity index (χ3v) is 2.85. The molecule has 0 radical (unpaired) electrons. The van der Waals surface area contributed by atoms with Gasteiger partial charge in [0, 0.05) is 25.7 Å². The maximum absolute atomic E-state index is 5.83. The second kappa shape index (κ2) is 3.73. The zero-order chi connectivity index (χ0) is 8.39. The van der Waals surface area contributed by atoms with Gasteiger partial charge in [-0.25, -0.2) is 0 Å². The number of nitrogens with two attached hydrogens (primary N) is 1. The molecule has 3 nitrogen and oxygen atoms in total. The zero-order valence-corrected chi connectivity index (χ0v) is 7.54. The van der Waals surface area contributed by atoms with E-state index in [0.717, 1.165) is 25.7 Å². The first-order chi connectivity index (χ1) is 5.84. The van der Waals surface area contributed by atoms with Crippen LogP contribution in [0.3, 0.4) is 0 Å². The normalized spacial score (nSPS) is 37.8. The summed E-state index contributed by atoms with van der Waals surface area (Å²) in [6.45, 7) is 5.41. The average Bonchev–Trinajstić information content (AvgIpc) is 2.63. The highest BCUT2D eigenvalue weighted by Gasteiger charge is 2.24. The molecule has 12 heavy (non-hydrogen) atoms. The van der Waals surface area contributed by atoms with Crippen LogP contribution in [0.5, 0.6) is 0 Å². The lowest BCUT2D eigenvalue weighted by molar-refractivity contribution is 0.173. The average molecular weight is 170 g/mol. The van der Waals surface area contributed by atoms with Gasteiger partial charge >= 0.3 is 0 Å². The molecule has 0 amide bonds. The van der Waals surface area contributed by atoms with E-state index in [9.17, 15) is 0 Å². The Balaban J connectivity index is 1.72. The second-order valence-electron chi connectivity index (χ2n) is 4.04. The standard InChI is InChI=1S/C9H18N2O/c10-9-1-3-11(6-9)5-8-2-4-12-7-8/h8-9H,1-7,10H2/t8?,9-/m1/s1.